The van der Waals surface area contributed by atoms with Crippen LogP contribution in [0.2, 0.25) is 0 Å². The van der Waals surface area contributed by atoms with Crippen LogP contribution in [-0.2, 0) is 20.0 Å². The Labute approximate surface area is 109 Å². The maximum Gasteiger partial charge on any atom is 0.512 e. The van der Waals surface area contributed by atoms with Gasteiger partial charge in [-0.25, -0.2) is 16.8 Å². The fraction of sp³-hybridized carbons (Fsp3) is 1.00. The first-order chi connectivity index (χ1) is 8.71. The number of hydrogen-bond acceptors (Lipinski definition) is 4. The Bertz CT molecular complexity index is 598. The quantitative estimate of drug-likeness (QED) is 0.750. The van der Waals surface area contributed by atoms with Gasteiger partial charge in [0.2, 0.25) is 0 Å². The Morgan fingerprint density at radius 1 is 0.619 bits per heavy atom. The van der Waals surface area contributed by atoms with Crippen molar-refractivity contribution in [2.75, 3.05) is 0 Å². The molecular weight excluding hydrogens is 380 g/mol. The van der Waals surface area contributed by atoms with Gasteiger partial charge < -0.3 is 0 Å². The summed E-state index contributed by atoms with van der Waals surface area (Å²) in [4.78, 5) is 0. The smallest absolute Gasteiger partial charge is 0.205 e. The predicted octanol–water partition coefficient (Wildman–Crippen LogP) is 1.55. The molecule has 0 saturated carbocycles. The highest BCUT2D eigenvalue weighted by Crippen LogP contribution is 2.49. The summed E-state index contributed by atoms with van der Waals surface area (Å²) >= 11 is 0. The third-order valence-corrected chi connectivity index (χ3v) is 4.88. The second kappa shape index (κ2) is 4.83. The number of nitrogens with one attached hydrogen (secondary N) is 1. The first-order valence-electron chi connectivity index (χ1n) is 3.87. The lowest BCUT2D eigenvalue weighted by molar-refractivity contribution is -0.332. The molecule has 1 N–H and O–H groups in total. The Hall–Kier alpha value is -0.840. The molecule has 0 atom stereocenters. The second-order valence-corrected chi connectivity index (χ2v) is 6.78. The molecule has 0 aromatic carbocycles. The van der Waals surface area contributed by atoms with Crippen molar-refractivity contribution in [3.8, 4) is 0 Å². The third-order valence-electron chi connectivity index (χ3n) is 1.58. The van der Waals surface area contributed by atoms with E-state index < -0.39 is 47.0 Å². The number of sulfonamides is 2. The van der Waals surface area contributed by atoms with Gasteiger partial charge in [-0.2, -0.15) is 43.9 Å². The van der Waals surface area contributed by atoms with Crippen molar-refractivity contribution in [3.05, 3.63) is 0 Å². The average molecular weight is 381 g/mol. The number of alkyl halides is 10. The Morgan fingerprint density at radius 2 is 0.952 bits per heavy atom. The van der Waals surface area contributed by atoms with E-state index in [0.717, 1.165) is 0 Å². The zero-order chi connectivity index (χ0) is 17.7. The van der Waals surface area contributed by atoms with E-state index in [1.54, 1.807) is 0 Å². The van der Waals surface area contributed by atoms with Crippen molar-refractivity contribution >= 4 is 20.0 Å². The van der Waals surface area contributed by atoms with Gasteiger partial charge in [0, 0.05) is 0 Å². The standard InChI is InChI=1S/C4HF10NO4S2/c5-1(6,2(7,8)9)3(10,11)20(16,17)15-21(18,19)4(12,13)14/h15H. The Kier molecular flexibility index (Phi) is 4.64. The van der Waals surface area contributed by atoms with Gasteiger partial charge in [0.05, 0.1) is 0 Å². The second-order valence-electron chi connectivity index (χ2n) is 3.12. The fourth-order valence-corrected chi connectivity index (χ4v) is 2.98. The first kappa shape index (κ1) is 20.2. The van der Waals surface area contributed by atoms with Crippen LogP contribution in [0.3, 0.4) is 0 Å². The molecule has 0 bridgehead atoms. The van der Waals surface area contributed by atoms with Crippen LogP contribution in [0.25, 0.3) is 0 Å². The summed E-state index contributed by atoms with van der Waals surface area (Å²) in [6.07, 6.45) is -7.19. The van der Waals surface area contributed by atoms with Crippen molar-refractivity contribution < 1.29 is 60.7 Å². The molecule has 128 valence electrons. The number of halogens is 10. The van der Waals surface area contributed by atoms with E-state index >= 15 is 0 Å². The Balaban J connectivity index is 5.97. The van der Waals surface area contributed by atoms with Crippen LogP contribution in [0.4, 0.5) is 43.9 Å². The van der Waals surface area contributed by atoms with Gasteiger partial charge in [-0.3, -0.25) is 0 Å². The van der Waals surface area contributed by atoms with Gasteiger partial charge in [-0.1, -0.05) is 4.13 Å². The summed E-state index contributed by atoms with van der Waals surface area (Å²) in [5, 5.41) is -7.23. The van der Waals surface area contributed by atoms with E-state index in [2.05, 4.69) is 0 Å². The molecule has 0 fully saturated rings. The molecule has 0 aliphatic rings. The molecule has 0 radical (unpaired) electrons. The van der Waals surface area contributed by atoms with Crippen LogP contribution in [0.1, 0.15) is 0 Å². The van der Waals surface area contributed by atoms with Crippen LogP contribution in [0, 0.1) is 0 Å². The molecular formula is C4HF10NO4S2. The summed E-state index contributed by atoms with van der Waals surface area (Å²) in [5.74, 6) is -7.35. The van der Waals surface area contributed by atoms with Crippen molar-refractivity contribution in [2.45, 2.75) is 22.9 Å². The SMILES string of the molecule is O=S(=O)(NS(=O)(=O)C(F)(F)C(F)(F)C(F)(F)F)C(F)(F)F. The monoisotopic (exact) mass is 381 g/mol. The van der Waals surface area contributed by atoms with Crippen molar-refractivity contribution in [3.63, 3.8) is 0 Å². The molecule has 0 spiro atoms. The van der Waals surface area contributed by atoms with E-state index in [9.17, 15) is 60.7 Å². The molecule has 0 unspecified atom stereocenters. The lowest BCUT2D eigenvalue weighted by Gasteiger charge is -2.27. The molecule has 0 rings (SSSR count). The minimum absolute atomic E-state index is 0.920. The van der Waals surface area contributed by atoms with Gasteiger partial charge in [0.1, 0.15) is 0 Å². The van der Waals surface area contributed by atoms with Gasteiger partial charge in [0.25, 0.3) is 10.0 Å². The third kappa shape index (κ3) is 3.33. The molecule has 0 aromatic heterocycles. The summed E-state index contributed by atoms with van der Waals surface area (Å²) in [6.45, 7) is 0. The van der Waals surface area contributed by atoms with Crippen LogP contribution < -0.4 is 4.13 Å². The zero-order valence-electron chi connectivity index (χ0n) is 8.73. The Morgan fingerprint density at radius 3 is 1.19 bits per heavy atom. The van der Waals surface area contributed by atoms with E-state index in [-0.39, 0.29) is 0 Å². The molecule has 5 nitrogen and oxygen atoms in total. The van der Waals surface area contributed by atoms with Crippen molar-refractivity contribution in [1.29, 1.82) is 0 Å². The number of hydrogen-bond donors (Lipinski definition) is 1. The largest absolute Gasteiger partial charge is 0.512 e. The lowest BCUT2D eigenvalue weighted by Crippen LogP contribution is -2.60. The molecule has 0 saturated heterocycles. The normalized spacial score (nSPS) is 16.1. The topological polar surface area (TPSA) is 80.3 Å². The number of rotatable bonds is 4. The van der Waals surface area contributed by atoms with Crippen molar-refractivity contribution in [2.24, 2.45) is 0 Å². The summed E-state index contributed by atoms with van der Waals surface area (Å²) < 4.78 is 160. The van der Waals surface area contributed by atoms with Crippen LogP contribution >= 0.6 is 0 Å². The zero-order valence-corrected chi connectivity index (χ0v) is 10.4. The van der Waals surface area contributed by atoms with Gasteiger partial charge in [-0.15, -0.1) is 0 Å². The highest BCUT2D eigenvalue weighted by Gasteiger charge is 2.79. The minimum Gasteiger partial charge on any atom is -0.205 e. The molecule has 0 heterocycles. The molecule has 0 aliphatic carbocycles. The average Bonchev–Trinajstić information content (AvgIpc) is 2.11. The maximum absolute atomic E-state index is 12.6. The summed E-state index contributed by atoms with van der Waals surface area (Å²) in [6, 6.07) is 0. The first-order valence-corrected chi connectivity index (χ1v) is 6.84. The summed E-state index contributed by atoms with van der Waals surface area (Å²) in [5.41, 5.74) is -6.55. The van der Waals surface area contributed by atoms with Gasteiger partial charge in [0.15, 0.2) is 0 Å². The summed E-state index contributed by atoms with van der Waals surface area (Å²) in [7, 11) is -14.8. The van der Waals surface area contributed by atoms with Crippen LogP contribution in [-0.4, -0.2) is 39.7 Å². The van der Waals surface area contributed by atoms with Gasteiger partial charge >= 0.3 is 32.9 Å². The van der Waals surface area contributed by atoms with Crippen molar-refractivity contribution in [1.82, 2.24) is 4.13 Å². The van der Waals surface area contributed by atoms with E-state index in [1.807, 2.05) is 0 Å². The molecule has 0 aliphatic heterocycles. The predicted molar refractivity (Wildman–Crippen MR) is 43.0 cm³/mol. The van der Waals surface area contributed by atoms with Gasteiger partial charge in [-0.05, 0) is 0 Å². The van der Waals surface area contributed by atoms with E-state index in [4.69, 9.17) is 0 Å². The molecule has 21 heavy (non-hydrogen) atoms. The van der Waals surface area contributed by atoms with E-state index in [0.29, 0.717) is 0 Å². The molecule has 0 amide bonds. The highest BCUT2D eigenvalue weighted by atomic mass is 32.3. The molecule has 17 heteroatoms. The van der Waals surface area contributed by atoms with Crippen LogP contribution in [0.5, 0.6) is 0 Å². The fourth-order valence-electron chi connectivity index (χ4n) is 0.578. The van der Waals surface area contributed by atoms with Crippen LogP contribution in [0.15, 0.2) is 0 Å². The highest BCUT2D eigenvalue weighted by molar-refractivity contribution is 8.05. The maximum atomic E-state index is 12.6. The minimum atomic E-state index is -7.60. The lowest BCUT2D eigenvalue weighted by atomic mass is 10.3. The van der Waals surface area contributed by atoms with E-state index in [1.165, 1.54) is 0 Å². The molecule has 0 aromatic rings.